The van der Waals surface area contributed by atoms with Crippen molar-refractivity contribution in [2.24, 2.45) is 0 Å². The highest BCUT2D eigenvalue weighted by atomic mass is 19.1. The van der Waals surface area contributed by atoms with Crippen LogP contribution >= 0.6 is 0 Å². The highest BCUT2D eigenvalue weighted by Crippen LogP contribution is 2.18. The molecule has 4 aromatic rings. The van der Waals surface area contributed by atoms with Crippen LogP contribution in [0.1, 0.15) is 41.0 Å². The summed E-state index contributed by atoms with van der Waals surface area (Å²) in [4.78, 5) is 31.7. The third-order valence-electron chi connectivity index (χ3n) is 6.18. The predicted octanol–water partition coefficient (Wildman–Crippen LogP) is 4.98. The Bertz CT molecular complexity index is 1300. The maximum atomic E-state index is 13.0. The van der Waals surface area contributed by atoms with Gasteiger partial charge in [-0.15, -0.1) is 0 Å². The zero-order valence-corrected chi connectivity index (χ0v) is 20.5. The first-order chi connectivity index (χ1) is 17.5. The molecule has 186 valence electrons. The fraction of sp³-hybridized carbons (Fsp3) is 0.276. The molecular formula is C29H31FN4O2. The number of hydrogen-bond acceptors (Lipinski definition) is 3. The number of aryl methyl sites for hydroxylation is 1. The molecule has 0 aliphatic carbocycles. The number of para-hydroxylation sites is 2. The van der Waals surface area contributed by atoms with Crippen LogP contribution in [0.25, 0.3) is 11.0 Å². The third kappa shape index (κ3) is 6.56. The number of nitrogens with zero attached hydrogens (tertiary/aromatic N) is 3. The number of benzene rings is 3. The van der Waals surface area contributed by atoms with Gasteiger partial charge in [0.1, 0.15) is 18.2 Å². The minimum atomic E-state index is -0.359. The van der Waals surface area contributed by atoms with E-state index in [1.165, 1.54) is 24.3 Å². The van der Waals surface area contributed by atoms with Gasteiger partial charge >= 0.3 is 0 Å². The van der Waals surface area contributed by atoms with Crippen LogP contribution in [-0.2, 0) is 24.3 Å². The van der Waals surface area contributed by atoms with Gasteiger partial charge in [-0.1, -0.05) is 48.9 Å². The second kappa shape index (κ2) is 12.1. The van der Waals surface area contributed by atoms with Crippen LogP contribution in [0, 0.1) is 5.82 Å². The molecule has 0 aliphatic rings. The number of halogens is 1. The van der Waals surface area contributed by atoms with Crippen molar-refractivity contribution >= 4 is 22.8 Å². The molecule has 1 heterocycles. The summed E-state index contributed by atoms with van der Waals surface area (Å²) in [7, 11) is 1.83. The number of imidazole rings is 1. The Kier molecular flexibility index (Phi) is 8.44. The standard InChI is InChI=1S/C29H31FN4O2/c1-33(20-22-10-4-2-5-11-22)28(35)21-34-26-13-8-7-12-25(26)32-27(34)14-6-3-9-19-31-29(36)23-15-17-24(30)18-16-23/h2,4-5,7-8,10-13,15-18H,3,6,9,14,19-21H2,1H3,(H,31,36). The van der Waals surface area contributed by atoms with Crippen molar-refractivity contribution in [3.05, 3.63) is 102 Å². The fourth-order valence-corrected chi connectivity index (χ4v) is 4.18. The monoisotopic (exact) mass is 486 g/mol. The molecule has 4 rings (SSSR count). The zero-order chi connectivity index (χ0) is 25.3. The normalized spacial score (nSPS) is 10.9. The number of fused-ring (bicyclic) bond motifs is 1. The van der Waals surface area contributed by atoms with Crippen molar-refractivity contribution in [2.45, 2.75) is 38.8 Å². The lowest BCUT2D eigenvalue weighted by atomic mass is 10.1. The van der Waals surface area contributed by atoms with Gasteiger partial charge in [0.15, 0.2) is 0 Å². The lowest BCUT2D eigenvalue weighted by molar-refractivity contribution is -0.131. The number of hydrogen-bond donors (Lipinski definition) is 1. The minimum absolute atomic E-state index is 0.0340. The number of aromatic nitrogens is 2. The number of unbranched alkanes of at least 4 members (excludes halogenated alkanes) is 2. The zero-order valence-electron chi connectivity index (χ0n) is 20.5. The van der Waals surface area contributed by atoms with Crippen LogP contribution in [-0.4, -0.2) is 39.9 Å². The first kappa shape index (κ1) is 25.1. The van der Waals surface area contributed by atoms with E-state index in [0.29, 0.717) is 18.7 Å². The predicted molar refractivity (Wildman–Crippen MR) is 139 cm³/mol. The minimum Gasteiger partial charge on any atom is -0.352 e. The molecule has 6 nitrogen and oxygen atoms in total. The maximum Gasteiger partial charge on any atom is 0.251 e. The van der Waals surface area contributed by atoms with Crippen LogP contribution in [0.15, 0.2) is 78.9 Å². The van der Waals surface area contributed by atoms with Crippen LogP contribution < -0.4 is 5.32 Å². The van der Waals surface area contributed by atoms with Gasteiger partial charge < -0.3 is 14.8 Å². The summed E-state index contributed by atoms with van der Waals surface area (Å²) >= 11 is 0. The van der Waals surface area contributed by atoms with E-state index in [4.69, 9.17) is 4.98 Å². The van der Waals surface area contributed by atoms with Crippen molar-refractivity contribution < 1.29 is 14.0 Å². The van der Waals surface area contributed by atoms with Gasteiger partial charge in [0.25, 0.3) is 5.91 Å². The van der Waals surface area contributed by atoms with E-state index >= 15 is 0 Å². The maximum absolute atomic E-state index is 13.0. The number of carbonyl (C=O) groups excluding carboxylic acids is 2. The van der Waals surface area contributed by atoms with Crippen LogP contribution in [0.5, 0.6) is 0 Å². The SMILES string of the molecule is CN(Cc1ccccc1)C(=O)Cn1c(CCCCCNC(=O)c2ccc(F)cc2)nc2ccccc21. The smallest absolute Gasteiger partial charge is 0.251 e. The lowest BCUT2D eigenvalue weighted by Crippen LogP contribution is -2.30. The summed E-state index contributed by atoms with van der Waals surface area (Å²) in [5.41, 5.74) is 3.39. The van der Waals surface area contributed by atoms with E-state index in [2.05, 4.69) is 5.32 Å². The number of nitrogens with one attached hydrogen (secondary N) is 1. The second-order valence-electron chi connectivity index (χ2n) is 8.91. The Morgan fingerprint density at radius 2 is 1.64 bits per heavy atom. The molecule has 0 saturated heterocycles. The highest BCUT2D eigenvalue weighted by Gasteiger charge is 2.16. The van der Waals surface area contributed by atoms with Crippen molar-refractivity contribution in [1.29, 1.82) is 0 Å². The highest BCUT2D eigenvalue weighted by molar-refractivity contribution is 5.94. The first-order valence-corrected chi connectivity index (χ1v) is 12.3. The quantitative estimate of drug-likeness (QED) is 0.304. The third-order valence-corrected chi connectivity index (χ3v) is 6.18. The Balaban J connectivity index is 1.30. The van der Waals surface area contributed by atoms with Gasteiger partial charge in [0, 0.05) is 32.1 Å². The molecule has 0 atom stereocenters. The summed E-state index contributed by atoms with van der Waals surface area (Å²) in [6.45, 7) is 1.35. The molecule has 1 aromatic heterocycles. The number of rotatable bonds is 11. The molecule has 36 heavy (non-hydrogen) atoms. The van der Waals surface area contributed by atoms with Crippen molar-refractivity contribution in [1.82, 2.24) is 19.8 Å². The Hall–Kier alpha value is -4.00. The van der Waals surface area contributed by atoms with E-state index in [9.17, 15) is 14.0 Å². The van der Waals surface area contributed by atoms with Gasteiger partial charge in [-0.3, -0.25) is 9.59 Å². The Morgan fingerprint density at radius 3 is 2.42 bits per heavy atom. The van der Waals surface area contributed by atoms with Crippen molar-refractivity contribution in [3.63, 3.8) is 0 Å². The van der Waals surface area contributed by atoms with Gasteiger partial charge in [-0.05, 0) is 54.8 Å². The van der Waals surface area contributed by atoms with E-state index in [1.54, 1.807) is 4.90 Å². The van der Waals surface area contributed by atoms with Crippen LogP contribution in [0.2, 0.25) is 0 Å². The van der Waals surface area contributed by atoms with E-state index in [-0.39, 0.29) is 24.2 Å². The van der Waals surface area contributed by atoms with Gasteiger partial charge in [0.05, 0.1) is 11.0 Å². The van der Waals surface area contributed by atoms with Crippen molar-refractivity contribution in [2.75, 3.05) is 13.6 Å². The summed E-state index contributed by atoms with van der Waals surface area (Å²) in [6.07, 6.45) is 3.38. The largest absolute Gasteiger partial charge is 0.352 e. The average molecular weight is 487 g/mol. The summed E-state index contributed by atoms with van der Waals surface area (Å²) in [5, 5.41) is 2.88. The Labute approximate surface area is 210 Å². The van der Waals surface area contributed by atoms with Gasteiger partial charge in [0.2, 0.25) is 5.91 Å². The van der Waals surface area contributed by atoms with E-state index in [1.807, 2.05) is 66.2 Å². The average Bonchev–Trinajstić information content (AvgIpc) is 3.24. The molecule has 0 fully saturated rings. The van der Waals surface area contributed by atoms with Crippen LogP contribution in [0.4, 0.5) is 4.39 Å². The molecule has 7 heteroatoms. The number of carbonyl (C=O) groups is 2. The first-order valence-electron chi connectivity index (χ1n) is 12.3. The topological polar surface area (TPSA) is 67.2 Å². The molecule has 0 unspecified atom stereocenters. The molecule has 3 aromatic carbocycles. The molecule has 0 bridgehead atoms. The van der Waals surface area contributed by atoms with Gasteiger partial charge in [-0.2, -0.15) is 0 Å². The molecular weight excluding hydrogens is 455 g/mol. The van der Waals surface area contributed by atoms with E-state index in [0.717, 1.165) is 48.1 Å². The molecule has 0 aliphatic heterocycles. The lowest BCUT2D eigenvalue weighted by Gasteiger charge is -2.19. The summed E-state index contributed by atoms with van der Waals surface area (Å²) in [6, 6.07) is 23.4. The van der Waals surface area contributed by atoms with Crippen LogP contribution in [0.3, 0.4) is 0 Å². The van der Waals surface area contributed by atoms with Crippen molar-refractivity contribution in [3.8, 4) is 0 Å². The molecule has 2 amide bonds. The Morgan fingerprint density at radius 1 is 0.917 bits per heavy atom. The second-order valence-corrected chi connectivity index (χ2v) is 8.91. The molecule has 0 radical (unpaired) electrons. The van der Waals surface area contributed by atoms with Gasteiger partial charge in [-0.25, -0.2) is 9.37 Å². The molecule has 1 N–H and O–H groups in total. The molecule has 0 saturated carbocycles. The number of amides is 2. The summed E-state index contributed by atoms with van der Waals surface area (Å²) < 4.78 is 15.0. The molecule has 0 spiro atoms. The summed E-state index contributed by atoms with van der Waals surface area (Å²) in [5.74, 6) is 0.372. The van der Waals surface area contributed by atoms with E-state index < -0.39 is 0 Å². The fourth-order valence-electron chi connectivity index (χ4n) is 4.18. The number of likely N-dealkylation sites (N-methyl/N-ethyl adjacent to an activating group) is 1.